The summed E-state index contributed by atoms with van der Waals surface area (Å²) in [5, 5.41) is 9.85. The minimum absolute atomic E-state index is 0.0702. The first-order chi connectivity index (χ1) is 12.6. The van der Waals surface area contributed by atoms with E-state index in [1.807, 2.05) is 6.07 Å². The number of carboxylic acids is 1. The molecule has 4 unspecified atom stereocenters. The minimum Gasteiger partial charge on any atom is -0.481 e. The van der Waals surface area contributed by atoms with Crippen LogP contribution >= 0.6 is 0 Å². The van der Waals surface area contributed by atoms with Gasteiger partial charge in [-0.3, -0.25) is 4.79 Å². The van der Waals surface area contributed by atoms with Crippen molar-refractivity contribution < 1.29 is 24.1 Å². The lowest BCUT2D eigenvalue weighted by molar-refractivity contribution is -0.217. The monoisotopic (exact) mass is 376 g/mol. The third-order valence-corrected chi connectivity index (χ3v) is 6.39. The van der Waals surface area contributed by atoms with Gasteiger partial charge in [-0.05, 0) is 48.1 Å². The highest BCUT2D eigenvalue weighted by molar-refractivity contribution is 5.77. The van der Waals surface area contributed by atoms with E-state index < -0.39 is 24.5 Å². The lowest BCUT2D eigenvalue weighted by Gasteiger charge is -2.44. The van der Waals surface area contributed by atoms with E-state index in [9.17, 15) is 9.90 Å². The molecule has 150 valence electrons. The average Bonchev–Trinajstić information content (AvgIpc) is 2.97. The number of benzene rings is 1. The third-order valence-electron chi connectivity index (χ3n) is 6.39. The summed E-state index contributed by atoms with van der Waals surface area (Å²) in [4.78, 5) is 12.0. The molecule has 1 aromatic rings. The quantitative estimate of drug-likeness (QED) is 0.779. The molecular formula is C22H32O5. The summed E-state index contributed by atoms with van der Waals surface area (Å²) in [6.07, 6.45) is 3.29. The molecule has 3 rings (SSSR count). The molecule has 1 heterocycles. The van der Waals surface area contributed by atoms with Crippen LogP contribution in [0.25, 0.3) is 0 Å². The fourth-order valence-corrected chi connectivity index (χ4v) is 5.27. The number of carboxylic acid groups (broad SMARTS) is 1. The highest BCUT2D eigenvalue weighted by atomic mass is 16.8. The first kappa shape index (κ1) is 20.3. The van der Waals surface area contributed by atoms with Crippen molar-refractivity contribution in [3.8, 4) is 0 Å². The predicted octanol–water partition coefficient (Wildman–Crippen LogP) is 5.05. The summed E-state index contributed by atoms with van der Waals surface area (Å²) in [7, 11) is 3.17. The van der Waals surface area contributed by atoms with Gasteiger partial charge in [0.1, 0.15) is 0 Å². The van der Waals surface area contributed by atoms with Crippen LogP contribution in [0.1, 0.15) is 94.1 Å². The molecule has 0 aromatic heterocycles. The highest BCUT2D eigenvalue weighted by Crippen LogP contribution is 2.52. The van der Waals surface area contributed by atoms with Crippen molar-refractivity contribution in [3.05, 3.63) is 34.4 Å². The molecule has 5 nitrogen and oxygen atoms in total. The topological polar surface area (TPSA) is 65.0 Å². The number of rotatable bonds is 5. The molecule has 1 saturated carbocycles. The molecule has 0 spiro atoms. The predicted molar refractivity (Wildman–Crippen MR) is 103 cm³/mol. The number of hydrogen-bond donors (Lipinski definition) is 1. The summed E-state index contributed by atoms with van der Waals surface area (Å²) in [5.41, 5.74) is 3.83. The van der Waals surface area contributed by atoms with Crippen molar-refractivity contribution in [2.75, 3.05) is 14.2 Å². The molecule has 1 aliphatic carbocycles. The van der Waals surface area contributed by atoms with Crippen LogP contribution in [0.15, 0.2) is 12.1 Å². The van der Waals surface area contributed by atoms with Crippen LogP contribution in [0.2, 0.25) is 0 Å². The van der Waals surface area contributed by atoms with Gasteiger partial charge < -0.3 is 19.3 Å². The van der Waals surface area contributed by atoms with Crippen LogP contribution in [-0.2, 0) is 24.4 Å². The maximum atomic E-state index is 12.0. The van der Waals surface area contributed by atoms with Crippen molar-refractivity contribution in [3.63, 3.8) is 0 Å². The number of carbonyl (C=O) groups is 1. The summed E-state index contributed by atoms with van der Waals surface area (Å²) in [6.45, 7) is 8.64. The lowest BCUT2D eigenvalue weighted by Crippen LogP contribution is -2.36. The van der Waals surface area contributed by atoms with Gasteiger partial charge >= 0.3 is 5.97 Å². The van der Waals surface area contributed by atoms with Gasteiger partial charge in [-0.25, -0.2) is 0 Å². The van der Waals surface area contributed by atoms with Gasteiger partial charge in [0.25, 0.3) is 0 Å². The smallest absolute Gasteiger partial charge is 0.310 e. The van der Waals surface area contributed by atoms with Gasteiger partial charge in [0.05, 0.1) is 5.92 Å². The van der Waals surface area contributed by atoms with Crippen LogP contribution < -0.4 is 0 Å². The van der Waals surface area contributed by atoms with Gasteiger partial charge in [0, 0.05) is 25.3 Å². The van der Waals surface area contributed by atoms with Crippen molar-refractivity contribution in [1.82, 2.24) is 0 Å². The van der Waals surface area contributed by atoms with E-state index >= 15 is 0 Å². The van der Waals surface area contributed by atoms with E-state index in [1.165, 1.54) is 6.42 Å². The molecule has 0 radical (unpaired) electrons. The van der Waals surface area contributed by atoms with Crippen LogP contribution in [0.4, 0.5) is 0 Å². The molecule has 1 aliphatic heterocycles. The highest BCUT2D eigenvalue weighted by Gasteiger charge is 2.44. The zero-order valence-electron chi connectivity index (χ0n) is 17.3. The van der Waals surface area contributed by atoms with Crippen LogP contribution in [-0.4, -0.2) is 25.3 Å². The Morgan fingerprint density at radius 1 is 1.19 bits per heavy atom. The molecule has 1 N–H and O–H groups in total. The van der Waals surface area contributed by atoms with E-state index in [0.717, 1.165) is 41.5 Å². The zero-order chi connectivity index (χ0) is 20.0. The van der Waals surface area contributed by atoms with Gasteiger partial charge in [-0.15, -0.1) is 0 Å². The van der Waals surface area contributed by atoms with Gasteiger partial charge in [-0.2, -0.15) is 0 Å². The Bertz CT molecular complexity index is 726. The Morgan fingerprint density at radius 3 is 2.41 bits per heavy atom. The Morgan fingerprint density at radius 2 is 1.85 bits per heavy atom. The second kappa shape index (κ2) is 7.19. The number of methoxy groups -OCH3 is 2. The van der Waals surface area contributed by atoms with E-state index in [0.29, 0.717) is 0 Å². The Balaban J connectivity index is 2.22. The molecule has 1 fully saturated rings. The van der Waals surface area contributed by atoms with E-state index in [4.69, 9.17) is 14.2 Å². The zero-order valence-corrected chi connectivity index (χ0v) is 17.3. The number of ether oxygens (including phenoxy) is 3. The molecule has 0 bridgehead atoms. The fourth-order valence-electron chi connectivity index (χ4n) is 5.27. The third kappa shape index (κ3) is 3.53. The molecule has 5 heteroatoms. The van der Waals surface area contributed by atoms with E-state index in [1.54, 1.807) is 21.1 Å². The van der Waals surface area contributed by atoms with Crippen LogP contribution in [0.5, 0.6) is 0 Å². The first-order valence-electron chi connectivity index (χ1n) is 9.74. The Kier molecular flexibility index (Phi) is 5.41. The second-order valence-electron chi connectivity index (χ2n) is 9.12. The maximum absolute atomic E-state index is 12.0. The molecular weight excluding hydrogens is 344 g/mol. The second-order valence-corrected chi connectivity index (χ2v) is 9.12. The average molecular weight is 376 g/mol. The standard InChI is InChI=1S/C22H32O5/c1-13(18(23)24)16-15(22(4)11-7-10-21(2,3)12-22)9-8-14-17(16)20(26-6)27-19(14)25-5/h8-9,13,19-20H,7,10-12H2,1-6H3,(H,23,24). The van der Waals surface area contributed by atoms with Crippen molar-refractivity contribution in [2.45, 2.75) is 77.3 Å². The van der Waals surface area contributed by atoms with Gasteiger partial charge in [0.2, 0.25) is 0 Å². The van der Waals surface area contributed by atoms with Gasteiger partial charge in [-0.1, -0.05) is 39.3 Å². The molecule has 0 amide bonds. The molecule has 4 atom stereocenters. The Hall–Kier alpha value is -1.43. The Labute approximate surface area is 162 Å². The number of fused-ring (bicyclic) bond motifs is 1. The SMILES string of the molecule is COC1OC(OC)c2c1ccc(C1(C)CCCC(C)(C)C1)c2C(C)C(=O)O. The number of hydrogen-bond acceptors (Lipinski definition) is 4. The van der Waals surface area contributed by atoms with E-state index in [2.05, 4.69) is 26.8 Å². The molecule has 0 saturated heterocycles. The molecule has 2 aliphatic rings. The van der Waals surface area contributed by atoms with Crippen molar-refractivity contribution >= 4 is 5.97 Å². The number of aliphatic carboxylic acids is 1. The normalized spacial score (nSPS) is 30.7. The van der Waals surface area contributed by atoms with Crippen molar-refractivity contribution in [2.24, 2.45) is 5.41 Å². The summed E-state index contributed by atoms with van der Waals surface area (Å²) in [6, 6.07) is 4.13. The van der Waals surface area contributed by atoms with Gasteiger partial charge in [0.15, 0.2) is 12.6 Å². The van der Waals surface area contributed by atoms with Crippen LogP contribution in [0.3, 0.4) is 0 Å². The largest absolute Gasteiger partial charge is 0.481 e. The minimum atomic E-state index is -0.834. The lowest BCUT2D eigenvalue weighted by atomic mass is 9.60. The fraction of sp³-hybridized carbons (Fsp3) is 0.682. The summed E-state index contributed by atoms with van der Waals surface area (Å²) < 4.78 is 16.9. The van der Waals surface area contributed by atoms with Crippen LogP contribution in [0, 0.1) is 5.41 Å². The summed E-state index contributed by atoms with van der Waals surface area (Å²) in [5.74, 6) is -1.48. The molecule has 1 aromatic carbocycles. The summed E-state index contributed by atoms with van der Waals surface area (Å²) >= 11 is 0. The first-order valence-corrected chi connectivity index (χ1v) is 9.74. The van der Waals surface area contributed by atoms with E-state index in [-0.39, 0.29) is 10.8 Å². The molecule has 27 heavy (non-hydrogen) atoms. The maximum Gasteiger partial charge on any atom is 0.310 e. The van der Waals surface area contributed by atoms with Crippen molar-refractivity contribution in [1.29, 1.82) is 0 Å².